The molecule has 0 aliphatic rings. The van der Waals surface area contributed by atoms with E-state index in [1.54, 1.807) is 0 Å². The monoisotopic (exact) mass is 1160 g/mol. The van der Waals surface area contributed by atoms with Gasteiger partial charge in [-0.2, -0.15) is 159 Å². The van der Waals surface area contributed by atoms with E-state index in [1.165, 1.54) is 0 Å². The molecule has 2 aromatic carbocycles. The molecule has 0 radical (unpaired) electrons. The van der Waals surface area contributed by atoms with E-state index in [2.05, 4.69) is 10.2 Å². The fraction of sp³-hybridized carbons (Fsp3) is 0.611. The first kappa shape index (κ1) is 65.1. The van der Waals surface area contributed by atoms with Crippen molar-refractivity contribution in [2.45, 2.75) is 121 Å². The van der Waals surface area contributed by atoms with Crippen LogP contribution in [0.15, 0.2) is 58.7 Å². The summed E-state index contributed by atoms with van der Waals surface area (Å²) in [5.74, 6) is -115. The van der Waals surface area contributed by atoms with Gasteiger partial charge in [0, 0.05) is 12.8 Å². The van der Waals surface area contributed by atoms with E-state index in [9.17, 15) is 149 Å². The predicted octanol–water partition coefficient (Wildman–Crippen LogP) is 15.5. The average molecular weight is 1160 g/mol. The molecule has 0 bridgehead atoms. The number of alkyl halides is 34. The quantitative estimate of drug-likeness (QED) is 0.0430. The van der Waals surface area contributed by atoms with Gasteiger partial charge < -0.3 is 9.47 Å². The Balaban J connectivity index is 2.00. The molecular formula is C36H22F34N2O2. The molecule has 0 amide bonds. The molecule has 0 N–H and O–H groups in total. The zero-order valence-electron chi connectivity index (χ0n) is 34.6. The number of halogens is 34. The number of nitrogens with zero attached hydrogens (tertiary/aromatic N) is 2. The highest BCUT2D eigenvalue weighted by molar-refractivity contribution is 5.82. The summed E-state index contributed by atoms with van der Waals surface area (Å²) in [6.07, 6.45) is -22.6. The van der Waals surface area contributed by atoms with Crippen LogP contribution in [0, 0.1) is 0 Å². The van der Waals surface area contributed by atoms with Crippen LogP contribution < -0.4 is 9.47 Å². The highest BCUT2D eigenvalue weighted by Crippen LogP contribution is 2.66. The van der Waals surface area contributed by atoms with E-state index >= 15 is 0 Å². The molecule has 0 saturated heterocycles. The zero-order valence-corrected chi connectivity index (χ0v) is 34.6. The van der Waals surface area contributed by atoms with Gasteiger partial charge in [-0.05, 0) is 72.5 Å². The van der Waals surface area contributed by atoms with Gasteiger partial charge >= 0.3 is 95.3 Å². The maximum Gasteiger partial charge on any atom is 0.460 e. The van der Waals surface area contributed by atoms with Gasteiger partial charge in [0.05, 0.1) is 25.6 Å². The van der Waals surface area contributed by atoms with Gasteiger partial charge in [-0.3, -0.25) is 0 Å². The molecule has 426 valence electrons. The maximum atomic E-state index is 14.1. The summed E-state index contributed by atoms with van der Waals surface area (Å²) in [7, 11) is 0. The second kappa shape index (κ2) is 20.2. The molecule has 0 aliphatic heterocycles. The molecule has 0 spiro atoms. The molecule has 74 heavy (non-hydrogen) atoms. The highest BCUT2D eigenvalue weighted by atomic mass is 19.4. The molecule has 4 nitrogen and oxygen atoms in total. The van der Waals surface area contributed by atoms with Crippen molar-refractivity contribution in [3.8, 4) is 11.5 Å². The third kappa shape index (κ3) is 10.9. The van der Waals surface area contributed by atoms with E-state index in [-0.39, 0.29) is 22.6 Å². The molecule has 0 aliphatic carbocycles. The van der Waals surface area contributed by atoms with Crippen molar-refractivity contribution < 1.29 is 159 Å². The van der Waals surface area contributed by atoms with Crippen LogP contribution in [0.2, 0.25) is 0 Å². The molecule has 2 aromatic rings. The Morgan fingerprint density at radius 1 is 0.284 bits per heavy atom. The van der Waals surface area contributed by atoms with Gasteiger partial charge in [0.2, 0.25) is 0 Å². The summed E-state index contributed by atoms with van der Waals surface area (Å²) in [6, 6.07) is 8.01. The second-order valence-corrected chi connectivity index (χ2v) is 14.8. The average Bonchev–Trinajstić information content (AvgIpc) is 3.24. The van der Waals surface area contributed by atoms with E-state index in [0.29, 0.717) is 0 Å². The molecule has 0 saturated carbocycles. The van der Waals surface area contributed by atoms with Crippen LogP contribution in [0.25, 0.3) is 0 Å². The Morgan fingerprint density at radius 2 is 0.486 bits per heavy atom. The lowest BCUT2D eigenvalue weighted by Crippen LogP contribution is -2.74. The Labute approximate surface area is 387 Å². The van der Waals surface area contributed by atoms with E-state index < -0.39 is 134 Å². The van der Waals surface area contributed by atoms with Gasteiger partial charge in [-0.15, -0.1) is 0 Å². The van der Waals surface area contributed by atoms with Gasteiger partial charge in [-0.1, -0.05) is 0 Å². The van der Waals surface area contributed by atoms with Gasteiger partial charge in [-0.25, -0.2) is 0 Å². The van der Waals surface area contributed by atoms with Gasteiger partial charge in [0.15, 0.2) is 0 Å². The van der Waals surface area contributed by atoms with Crippen molar-refractivity contribution in [3.63, 3.8) is 0 Å². The van der Waals surface area contributed by atoms with E-state index in [0.717, 1.165) is 61.0 Å². The number of hydrogen-bond donors (Lipinski definition) is 0. The second-order valence-electron chi connectivity index (χ2n) is 14.8. The molecule has 0 aromatic heterocycles. The third-order valence-electron chi connectivity index (χ3n) is 9.62. The van der Waals surface area contributed by atoms with Crippen LogP contribution in [0.5, 0.6) is 11.5 Å². The van der Waals surface area contributed by atoms with Crippen molar-refractivity contribution in [2.75, 3.05) is 13.2 Å². The van der Waals surface area contributed by atoms with Crippen LogP contribution in [0.4, 0.5) is 149 Å². The van der Waals surface area contributed by atoms with Crippen LogP contribution in [0.1, 0.15) is 36.8 Å². The highest BCUT2D eigenvalue weighted by Gasteiger charge is 2.97. The molecule has 0 unspecified atom stereocenters. The van der Waals surface area contributed by atoms with Crippen LogP contribution >= 0.6 is 0 Å². The lowest BCUT2D eigenvalue weighted by Gasteiger charge is -2.42. The third-order valence-corrected chi connectivity index (χ3v) is 9.62. The summed E-state index contributed by atoms with van der Waals surface area (Å²) in [5.41, 5.74) is 0.155. The van der Waals surface area contributed by atoms with Crippen molar-refractivity contribution in [3.05, 3.63) is 59.7 Å². The van der Waals surface area contributed by atoms with E-state index in [1.807, 2.05) is 0 Å². The minimum atomic E-state index is -8.77. The summed E-state index contributed by atoms with van der Waals surface area (Å²) >= 11 is 0. The Kier molecular flexibility index (Phi) is 17.8. The van der Waals surface area contributed by atoms with Crippen LogP contribution in [-0.4, -0.2) is 121 Å². The number of rotatable bonds is 25. The largest absolute Gasteiger partial charge is 0.494 e. The van der Waals surface area contributed by atoms with Crippen molar-refractivity contribution in [2.24, 2.45) is 10.2 Å². The first-order valence-corrected chi connectivity index (χ1v) is 18.6. The van der Waals surface area contributed by atoms with Gasteiger partial charge in [0.25, 0.3) is 0 Å². The standard InChI is InChI=1S/C36H22F34N2O2/c37-21(38,23(41,42)25(45,46)27(49,50)29(53,54)31(57,58)33(61,62)35(65,66)67)11-1-13-73-19-7-3-17(4-8-19)15-71-72-16-18-5-9-20(10-6-18)74-14-2-12-22(39,40)24(43,44)26(47,48)28(51,52)30(55,56)32(59,60)34(63,64)36(68,69)70/h3-10,15-16H,1-2,11-14H2/b71-15+,72-16+. The molecule has 2 rings (SSSR count). The normalized spacial score (nSPS) is 15.6. The lowest BCUT2D eigenvalue weighted by molar-refractivity contribution is -0.461. The van der Waals surface area contributed by atoms with Crippen molar-refractivity contribution in [1.29, 1.82) is 0 Å². The number of ether oxygens (including phenoxy) is 2. The fourth-order valence-corrected chi connectivity index (χ4v) is 5.18. The first-order chi connectivity index (χ1) is 32.6. The minimum absolute atomic E-state index is 0.0776. The predicted molar refractivity (Wildman–Crippen MR) is 179 cm³/mol. The van der Waals surface area contributed by atoms with Crippen LogP contribution in [0.3, 0.4) is 0 Å². The SMILES string of the molecule is FC(F)(F)C(F)(F)C(F)(F)C(F)(F)C(F)(F)C(F)(F)C(F)(F)C(F)(F)CCCOc1ccc(/C=N/N=C/c2ccc(OCCCC(F)(F)C(F)(F)C(F)(F)C(F)(F)C(F)(F)C(F)(F)C(F)(F)C(F)(F)F)cc2)cc1. The molecule has 0 heterocycles. The molecule has 0 atom stereocenters. The van der Waals surface area contributed by atoms with Crippen molar-refractivity contribution >= 4 is 12.4 Å². The molecule has 0 fully saturated rings. The topological polar surface area (TPSA) is 43.2 Å². The molecular weight excluding hydrogens is 1140 g/mol. The Morgan fingerprint density at radius 3 is 0.703 bits per heavy atom. The fourth-order valence-electron chi connectivity index (χ4n) is 5.18. The van der Waals surface area contributed by atoms with Crippen LogP contribution in [-0.2, 0) is 0 Å². The van der Waals surface area contributed by atoms with Gasteiger partial charge in [0.1, 0.15) is 11.5 Å². The minimum Gasteiger partial charge on any atom is -0.494 e. The number of hydrogen-bond acceptors (Lipinski definition) is 4. The summed E-state index contributed by atoms with van der Waals surface area (Å²) in [4.78, 5) is 0. The van der Waals surface area contributed by atoms with Crippen molar-refractivity contribution in [1.82, 2.24) is 0 Å². The summed E-state index contributed by atoms with van der Waals surface area (Å²) < 4.78 is 466. The van der Waals surface area contributed by atoms with E-state index in [4.69, 9.17) is 9.47 Å². The Hall–Kier alpha value is -5.00. The summed E-state index contributed by atoms with van der Waals surface area (Å²) in [6.45, 7) is -2.48. The molecule has 38 heteroatoms. The maximum absolute atomic E-state index is 14.1. The lowest BCUT2D eigenvalue weighted by atomic mass is 9.88. The Bertz CT molecular complexity index is 2090. The first-order valence-electron chi connectivity index (χ1n) is 18.6. The summed E-state index contributed by atoms with van der Waals surface area (Å²) in [5, 5.41) is 7.04. The number of benzene rings is 2. The zero-order chi connectivity index (χ0) is 58.5. The smallest absolute Gasteiger partial charge is 0.460 e.